The number of nitrogens with zero attached hydrogens (tertiary/aromatic N) is 1. The van der Waals surface area contributed by atoms with Crippen LogP contribution in [-0.4, -0.2) is 37.6 Å². The van der Waals surface area contributed by atoms with Gasteiger partial charge < -0.3 is 10.1 Å². The van der Waals surface area contributed by atoms with Gasteiger partial charge in [0.25, 0.3) is 5.91 Å². The fourth-order valence-corrected chi connectivity index (χ4v) is 3.37. The second-order valence-corrected chi connectivity index (χ2v) is 6.56. The molecule has 1 amide bonds. The van der Waals surface area contributed by atoms with Crippen molar-refractivity contribution in [3.05, 3.63) is 64.1 Å². The predicted octanol–water partition coefficient (Wildman–Crippen LogP) is 4.27. The number of hydrogen-bond acceptors (Lipinski definition) is 3. The Labute approximate surface area is 158 Å². The molecule has 0 fully saturated rings. The maximum atomic E-state index is 12.5. The van der Waals surface area contributed by atoms with Crippen LogP contribution >= 0.6 is 15.9 Å². The van der Waals surface area contributed by atoms with Crippen LogP contribution in [-0.2, 0) is 0 Å². The summed E-state index contributed by atoms with van der Waals surface area (Å²) in [4.78, 5) is 14.9. The van der Waals surface area contributed by atoms with Gasteiger partial charge in [0.1, 0.15) is 5.75 Å². The summed E-state index contributed by atoms with van der Waals surface area (Å²) in [5.74, 6) is 0.749. The maximum Gasteiger partial charge on any atom is 0.252 e. The van der Waals surface area contributed by atoms with Crippen molar-refractivity contribution in [3.8, 4) is 5.75 Å². The van der Waals surface area contributed by atoms with Gasteiger partial charge in [-0.1, -0.05) is 38.1 Å². The summed E-state index contributed by atoms with van der Waals surface area (Å²) in [6.07, 6.45) is 0. The lowest BCUT2D eigenvalue weighted by Gasteiger charge is -2.30. The minimum atomic E-state index is -0.0764. The molecule has 0 aliphatic rings. The molecule has 0 radical (unpaired) electrons. The molecule has 1 atom stereocenters. The molecule has 0 spiro atoms. The van der Waals surface area contributed by atoms with Crippen molar-refractivity contribution in [1.82, 2.24) is 10.2 Å². The van der Waals surface area contributed by atoms with Crippen molar-refractivity contribution in [2.24, 2.45) is 0 Å². The highest BCUT2D eigenvalue weighted by Gasteiger charge is 2.20. The first-order valence-electron chi connectivity index (χ1n) is 8.51. The number of ether oxygens (including phenoxy) is 1. The molecule has 25 heavy (non-hydrogen) atoms. The van der Waals surface area contributed by atoms with Gasteiger partial charge in [0.05, 0.1) is 18.7 Å². The number of nitrogens with one attached hydrogen (secondary N) is 1. The van der Waals surface area contributed by atoms with Gasteiger partial charge in [-0.15, -0.1) is 0 Å². The molecule has 0 aliphatic heterocycles. The molecule has 4 nitrogen and oxygen atoms in total. The third-order valence-corrected chi connectivity index (χ3v) is 5.00. The summed E-state index contributed by atoms with van der Waals surface area (Å²) in [6.45, 7) is 6.61. The largest absolute Gasteiger partial charge is 0.497 e. The molecule has 2 rings (SSSR count). The van der Waals surface area contributed by atoms with Crippen LogP contribution in [0.15, 0.2) is 53.0 Å². The van der Waals surface area contributed by atoms with Crippen LogP contribution in [0.25, 0.3) is 0 Å². The third-order valence-electron chi connectivity index (χ3n) is 4.31. The Morgan fingerprint density at radius 1 is 1.16 bits per heavy atom. The van der Waals surface area contributed by atoms with Gasteiger partial charge in [0.2, 0.25) is 0 Å². The number of hydrogen-bond donors (Lipinski definition) is 1. The highest BCUT2D eigenvalue weighted by molar-refractivity contribution is 9.10. The van der Waals surface area contributed by atoms with Gasteiger partial charge in [-0.05, 0) is 58.8 Å². The van der Waals surface area contributed by atoms with E-state index >= 15 is 0 Å². The smallest absolute Gasteiger partial charge is 0.252 e. The lowest BCUT2D eigenvalue weighted by atomic mass is 10.0. The zero-order valence-corrected chi connectivity index (χ0v) is 16.5. The second kappa shape index (κ2) is 9.59. The number of halogens is 1. The van der Waals surface area contributed by atoms with Gasteiger partial charge in [-0.25, -0.2) is 0 Å². The van der Waals surface area contributed by atoms with Crippen LogP contribution in [0, 0.1) is 0 Å². The number of methoxy groups -OCH3 is 1. The average molecular weight is 405 g/mol. The molecule has 134 valence electrons. The molecule has 1 unspecified atom stereocenters. The Morgan fingerprint density at radius 3 is 2.52 bits per heavy atom. The normalized spacial score (nSPS) is 12.0. The Morgan fingerprint density at radius 2 is 1.88 bits per heavy atom. The third kappa shape index (κ3) is 5.06. The van der Waals surface area contributed by atoms with E-state index in [-0.39, 0.29) is 11.9 Å². The average Bonchev–Trinajstić information content (AvgIpc) is 2.65. The van der Waals surface area contributed by atoms with E-state index in [4.69, 9.17) is 4.74 Å². The predicted molar refractivity (Wildman–Crippen MR) is 105 cm³/mol. The molecular formula is C20H25BrN2O2. The molecule has 2 aromatic rings. The lowest BCUT2D eigenvalue weighted by molar-refractivity contribution is 0.0934. The Hall–Kier alpha value is -1.85. The molecule has 5 heteroatoms. The van der Waals surface area contributed by atoms with E-state index in [1.807, 2.05) is 42.5 Å². The summed E-state index contributed by atoms with van der Waals surface area (Å²) in [6, 6.07) is 15.6. The molecule has 0 heterocycles. The van der Waals surface area contributed by atoms with E-state index in [1.54, 1.807) is 7.11 Å². The minimum absolute atomic E-state index is 0.0764. The van der Waals surface area contributed by atoms with Crippen LogP contribution < -0.4 is 10.1 Å². The van der Waals surface area contributed by atoms with Crippen molar-refractivity contribution in [2.75, 3.05) is 26.7 Å². The van der Waals surface area contributed by atoms with E-state index in [0.29, 0.717) is 12.1 Å². The highest BCUT2D eigenvalue weighted by atomic mass is 79.9. The molecule has 0 saturated heterocycles. The molecule has 0 aliphatic carbocycles. The van der Waals surface area contributed by atoms with Crippen molar-refractivity contribution < 1.29 is 9.53 Å². The van der Waals surface area contributed by atoms with Crippen LogP contribution in [0.4, 0.5) is 0 Å². The van der Waals surface area contributed by atoms with Crippen LogP contribution in [0.2, 0.25) is 0 Å². The number of amides is 1. The lowest BCUT2D eigenvalue weighted by Crippen LogP contribution is -2.38. The zero-order chi connectivity index (χ0) is 18.2. The van der Waals surface area contributed by atoms with Crippen molar-refractivity contribution in [3.63, 3.8) is 0 Å². The van der Waals surface area contributed by atoms with E-state index in [0.717, 1.165) is 28.9 Å². The first-order valence-corrected chi connectivity index (χ1v) is 9.30. The number of carbonyl (C=O) groups excluding carboxylic acids is 1. The highest BCUT2D eigenvalue weighted by Crippen LogP contribution is 2.24. The van der Waals surface area contributed by atoms with E-state index in [1.165, 1.54) is 0 Å². The number of carbonyl (C=O) groups is 1. The quantitative estimate of drug-likeness (QED) is 0.713. The first-order chi connectivity index (χ1) is 12.1. The van der Waals surface area contributed by atoms with Crippen molar-refractivity contribution in [2.45, 2.75) is 19.9 Å². The van der Waals surface area contributed by atoms with Crippen molar-refractivity contribution >= 4 is 21.8 Å². The summed E-state index contributed by atoms with van der Waals surface area (Å²) in [5.41, 5.74) is 1.78. The minimum Gasteiger partial charge on any atom is -0.497 e. The number of benzene rings is 2. The van der Waals surface area contributed by atoms with Gasteiger partial charge in [-0.3, -0.25) is 9.69 Å². The van der Waals surface area contributed by atoms with E-state index in [9.17, 15) is 4.79 Å². The molecule has 0 aromatic heterocycles. The summed E-state index contributed by atoms with van der Waals surface area (Å²) >= 11 is 3.44. The SMILES string of the molecule is CCN(CC)C(CNC(=O)c1ccccc1Br)c1cccc(OC)c1. The Kier molecular flexibility index (Phi) is 7.47. The fraction of sp³-hybridized carbons (Fsp3) is 0.350. The van der Waals surface area contributed by atoms with Crippen molar-refractivity contribution in [1.29, 1.82) is 0 Å². The fourth-order valence-electron chi connectivity index (χ4n) is 2.90. The molecular weight excluding hydrogens is 380 g/mol. The topological polar surface area (TPSA) is 41.6 Å². The molecule has 1 N–H and O–H groups in total. The zero-order valence-electron chi connectivity index (χ0n) is 15.0. The van der Waals surface area contributed by atoms with Gasteiger partial charge >= 0.3 is 0 Å². The van der Waals surface area contributed by atoms with E-state index < -0.39 is 0 Å². The maximum absolute atomic E-state index is 12.5. The molecule has 0 saturated carbocycles. The van der Waals surface area contributed by atoms with E-state index in [2.05, 4.69) is 46.1 Å². The summed E-state index contributed by atoms with van der Waals surface area (Å²) in [7, 11) is 1.67. The Bertz CT molecular complexity index is 702. The summed E-state index contributed by atoms with van der Waals surface area (Å²) < 4.78 is 6.15. The first kappa shape index (κ1) is 19.5. The monoisotopic (exact) mass is 404 g/mol. The second-order valence-electron chi connectivity index (χ2n) is 5.70. The molecule has 2 aromatic carbocycles. The van der Waals surface area contributed by atoms with Gasteiger partial charge in [-0.2, -0.15) is 0 Å². The van der Waals surface area contributed by atoms with Gasteiger partial charge in [0.15, 0.2) is 0 Å². The number of likely N-dealkylation sites (N-methyl/N-ethyl adjacent to an activating group) is 1. The van der Waals surface area contributed by atoms with Crippen LogP contribution in [0.5, 0.6) is 5.75 Å². The standard InChI is InChI=1S/C20H25BrN2O2/c1-4-23(5-2)19(15-9-8-10-16(13-15)25-3)14-22-20(24)17-11-6-7-12-18(17)21/h6-13,19H,4-5,14H2,1-3H3,(H,22,24). The Balaban J connectivity index is 2.19. The number of rotatable bonds is 8. The van der Waals surface area contributed by atoms with Crippen LogP contribution in [0.3, 0.4) is 0 Å². The van der Waals surface area contributed by atoms with Gasteiger partial charge in [0, 0.05) is 11.0 Å². The summed E-state index contributed by atoms with van der Waals surface area (Å²) in [5, 5.41) is 3.07. The van der Waals surface area contributed by atoms with Crippen LogP contribution in [0.1, 0.15) is 35.8 Å². The molecule has 0 bridgehead atoms.